The summed E-state index contributed by atoms with van der Waals surface area (Å²) < 4.78 is 8.87. The van der Waals surface area contributed by atoms with Gasteiger partial charge in [-0.1, -0.05) is 66.2 Å². The van der Waals surface area contributed by atoms with Gasteiger partial charge in [-0.05, 0) is 36.5 Å². The normalized spacial score (nSPS) is 18.5. The van der Waals surface area contributed by atoms with Crippen molar-refractivity contribution in [1.29, 1.82) is 0 Å². The van der Waals surface area contributed by atoms with E-state index in [-0.39, 0.29) is 11.7 Å². The highest BCUT2D eigenvalue weighted by Gasteiger charge is 2.23. The van der Waals surface area contributed by atoms with Crippen LogP contribution in [0.3, 0.4) is 0 Å². The molecule has 2 saturated heterocycles. The topological polar surface area (TPSA) is 55.5 Å². The number of morpholine rings is 1. The quantitative estimate of drug-likeness (QED) is 0.485. The minimum absolute atomic E-state index is 0.00834. The lowest BCUT2D eigenvalue weighted by molar-refractivity contribution is 0.0342. The van der Waals surface area contributed by atoms with Gasteiger partial charge in [0.05, 0.1) is 19.8 Å². The lowest BCUT2D eigenvalue weighted by atomic mass is 10.0. The van der Waals surface area contributed by atoms with E-state index in [0.717, 1.165) is 70.9 Å². The van der Waals surface area contributed by atoms with Crippen molar-refractivity contribution in [3.05, 3.63) is 93.7 Å². The number of hydrogen-bond donors (Lipinski definition) is 0. The Morgan fingerprint density at radius 3 is 2.28 bits per heavy atom. The summed E-state index contributed by atoms with van der Waals surface area (Å²) in [5.74, 6) is 0. The molecule has 0 spiro atoms. The summed E-state index contributed by atoms with van der Waals surface area (Å²) in [6, 6.07) is 19.2. The van der Waals surface area contributed by atoms with E-state index in [0.29, 0.717) is 6.54 Å². The van der Waals surface area contributed by atoms with Gasteiger partial charge in [-0.3, -0.25) is 14.4 Å². The summed E-state index contributed by atoms with van der Waals surface area (Å²) in [6.45, 7) is 10.2. The van der Waals surface area contributed by atoms with Crippen LogP contribution in [-0.4, -0.2) is 70.1 Å². The van der Waals surface area contributed by atoms with E-state index in [2.05, 4.69) is 76.4 Å². The van der Waals surface area contributed by atoms with Gasteiger partial charge >= 0.3 is 5.69 Å². The van der Waals surface area contributed by atoms with Crippen LogP contribution in [0.1, 0.15) is 42.5 Å². The lowest BCUT2D eigenvalue weighted by Gasteiger charge is -2.32. The third kappa shape index (κ3) is 6.40. The fourth-order valence-electron chi connectivity index (χ4n) is 5.24. The molecule has 190 valence electrons. The first kappa shape index (κ1) is 24.7. The lowest BCUT2D eigenvalue weighted by Crippen LogP contribution is -2.38. The zero-order chi connectivity index (χ0) is 24.7. The largest absolute Gasteiger partial charge is 0.379 e. The summed E-state index contributed by atoms with van der Waals surface area (Å²) in [5.41, 5.74) is 4.99. The van der Waals surface area contributed by atoms with Crippen LogP contribution in [0, 0.1) is 0 Å². The summed E-state index contributed by atoms with van der Waals surface area (Å²) in [6.07, 6.45) is 5.94. The fraction of sp³-hybridized carbons (Fsp3) is 0.448. The number of nitrogens with zero attached hydrogens (tertiary/aromatic N) is 5. The molecule has 0 saturated carbocycles. The molecule has 0 radical (unpaired) electrons. The van der Waals surface area contributed by atoms with Crippen LogP contribution in [0.15, 0.2) is 71.3 Å². The summed E-state index contributed by atoms with van der Waals surface area (Å²) in [7, 11) is 0. The van der Waals surface area contributed by atoms with E-state index in [1.165, 1.54) is 16.7 Å². The van der Waals surface area contributed by atoms with E-state index in [1.54, 1.807) is 11.0 Å². The minimum atomic E-state index is -0.00834. The zero-order valence-electron chi connectivity index (χ0n) is 21.3. The molecule has 5 rings (SSSR count). The third-order valence-corrected chi connectivity index (χ3v) is 7.26. The van der Waals surface area contributed by atoms with Crippen LogP contribution in [0.4, 0.5) is 0 Å². The van der Waals surface area contributed by atoms with Crippen molar-refractivity contribution in [3.63, 3.8) is 0 Å². The third-order valence-electron chi connectivity index (χ3n) is 7.26. The molecule has 7 nitrogen and oxygen atoms in total. The van der Waals surface area contributed by atoms with Gasteiger partial charge in [0.15, 0.2) is 0 Å². The van der Waals surface area contributed by atoms with Crippen LogP contribution in [-0.2, 0) is 17.8 Å². The maximum Gasteiger partial charge on any atom is 0.346 e. The van der Waals surface area contributed by atoms with E-state index >= 15 is 0 Å². The van der Waals surface area contributed by atoms with Gasteiger partial charge in [0.25, 0.3) is 0 Å². The second-order valence-corrected chi connectivity index (χ2v) is 10.1. The Balaban J connectivity index is 1.13. The van der Waals surface area contributed by atoms with E-state index in [9.17, 15) is 4.79 Å². The van der Waals surface area contributed by atoms with Crippen LogP contribution in [0.5, 0.6) is 0 Å². The van der Waals surface area contributed by atoms with Gasteiger partial charge in [0, 0.05) is 45.3 Å². The van der Waals surface area contributed by atoms with Gasteiger partial charge in [-0.25, -0.2) is 9.48 Å². The van der Waals surface area contributed by atoms with Crippen molar-refractivity contribution in [3.8, 4) is 0 Å². The molecule has 2 fully saturated rings. The van der Waals surface area contributed by atoms with Crippen LogP contribution < -0.4 is 5.69 Å². The Labute approximate surface area is 213 Å². The second kappa shape index (κ2) is 11.8. The Bertz CT molecular complexity index is 1180. The van der Waals surface area contributed by atoms with E-state index in [4.69, 9.17) is 4.74 Å². The minimum Gasteiger partial charge on any atom is -0.379 e. The van der Waals surface area contributed by atoms with Crippen LogP contribution >= 0.6 is 0 Å². The Hall–Kier alpha value is -3.00. The highest BCUT2D eigenvalue weighted by molar-refractivity contribution is 5.52. The van der Waals surface area contributed by atoms with Crippen LogP contribution in [0.2, 0.25) is 0 Å². The Kier molecular flexibility index (Phi) is 8.11. The molecule has 36 heavy (non-hydrogen) atoms. The monoisotopic (exact) mass is 487 g/mol. The molecular weight excluding hydrogens is 450 g/mol. The summed E-state index contributed by atoms with van der Waals surface area (Å²) in [4.78, 5) is 18.0. The first-order chi connectivity index (χ1) is 17.6. The number of rotatable bonds is 8. The van der Waals surface area contributed by atoms with Gasteiger partial charge in [-0.15, -0.1) is 0 Å². The number of piperidine rings is 1. The number of ether oxygens (including phenoxy) is 1. The summed E-state index contributed by atoms with van der Waals surface area (Å²) in [5, 5.41) is 4.44. The average molecular weight is 488 g/mol. The molecule has 0 atom stereocenters. The molecule has 0 N–H and O–H groups in total. The Morgan fingerprint density at radius 1 is 0.917 bits per heavy atom. The standard InChI is InChI=1S/C29H37N5O2/c1-24(19-25-5-3-2-4-6-25)20-31-13-11-28(12-14-31)33-23-30-34(29(33)35)22-27-9-7-26(8-10-27)21-32-15-17-36-18-16-32/h2-10,19,23,28H,11-18,20-22H2,1H3/b24-19+. The molecule has 2 aromatic carbocycles. The highest BCUT2D eigenvalue weighted by Crippen LogP contribution is 2.22. The first-order valence-electron chi connectivity index (χ1n) is 13.1. The SMILES string of the molecule is C/C(=C\c1ccccc1)CN1CCC(n2cnn(Cc3ccc(CN4CCOCC4)cc3)c2=O)CC1. The number of hydrogen-bond acceptors (Lipinski definition) is 5. The molecule has 0 amide bonds. The molecule has 2 aliphatic heterocycles. The van der Waals surface area contributed by atoms with Gasteiger partial charge in [0.2, 0.25) is 0 Å². The first-order valence-corrected chi connectivity index (χ1v) is 13.1. The second-order valence-electron chi connectivity index (χ2n) is 10.1. The van der Waals surface area contributed by atoms with Gasteiger partial charge < -0.3 is 4.74 Å². The predicted molar refractivity (Wildman–Crippen MR) is 143 cm³/mol. The van der Waals surface area contributed by atoms with Gasteiger partial charge in [-0.2, -0.15) is 5.10 Å². The van der Waals surface area contributed by atoms with E-state index in [1.807, 2.05) is 10.6 Å². The molecule has 1 aromatic heterocycles. The molecule has 2 aliphatic rings. The maximum absolute atomic E-state index is 13.1. The summed E-state index contributed by atoms with van der Waals surface area (Å²) >= 11 is 0. The fourth-order valence-corrected chi connectivity index (χ4v) is 5.24. The van der Waals surface area contributed by atoms with Crippen molar-refractivity contribution < 1.29 is 4.74 Å². The van der Waals surface area contributed by atoms with Crippen molar-refractivity contribution in [2.75, 3.05) is 45.9 Å². The number of aromatic nitrogens is 3. The molecule has 0 bridgehead atoms. The van der Waals surface area contributed by atoms with Crippen molar-refractivity contribution in [1.82, 2.24) is 24.1 Å². The van der Waals surface area contributed by atoms with Crippen LogP contribution in [0.25, 0.3) is 6.08 Å². The van der Waals surface area contributed by atoms with Crippen molar-refractivity contribution in [2.24, 2.45) is 0 Å². The molecule has 3 aromatic rings. The molecule has 0 unspecified atom stereocenters. The van der Waals surface area contributed by atoms with Gasteiger partial charge in [0.1, 0.15) is 6.33 Å². The van der Waals surface area contributed by atoms with E-state index < -0.39 is 0 Å². The zero-order valence-corrected chi connectivity index (χ0v) is 21.3. The van der Waals surface area contributed by atoms with Crippen molar-refractivity contribution >= 4 is 6.08 Å². The molecule has 7 heteroatoms. The number of benzene rings is 2. The molecular formula is C29H37N5O2. The van der Waals surface area contributed by atoms with Crippen molar-refractivity contribution in [2.45, 2.75) is 38.9 Å². The maximum atomic E-state index is 13.1. The predicted octanol–water partition coefficient (Wildman–Crippen LogP) is 3.67. The number of likely N-dealkylation sites (tertiary alicyclic amines) is 1. The highest BCUT2D eigenvalue weighted by atomic mass is 16.5. The smallest absolute Gasteiger partial charge is 0.346 e. The average Bonchev–Trinajstić information content (AvgIpc) is 3.26. The Morgan fingerprint density at radius 2 is 1.58 bits per heavy atom. The molecule has 0 aliphatic carbocycles. The molecule has 3 heterocycles.